The number of aromatic nitrogens is 2. The van der Waals surface area contributed by atoms with Crippen molar-refractivity contribution in [3.05, 3.63) is 83.2 Å². The number of ether oxygens (including phenoxy) is 2. The van der Waals surface area contributed by atoms with Crippen LogP contribution in [0.1, 0.15) is 27.2 Å². The first-order valence-electron chi connectivity index (χ1n) is 8.95. The van der Waals surface area contributed by atoms with Crippen molar-refractivity contribution >= 4 is 11.9 Å². The molecule has 0 amide bonds. The summed E-state index contributed by atoms with van der Waals surface area (Å²) in [5.41, 5.74) is 0.886. The van der Waals surface area contributed by atoms with Crippen LogP contribution in [0.2, 0.25) is 0 Å². The third kappa shape index (κ3) is 5.28. The molecular weight excluding hydrogens is 397 g/mol. The molecule has 0 N–H and O–H groups in total. The Balaban J connectivity index is 1.75. The largest absolute Gasteiger partial charge is 0.496 e. The molecule has 156 valence electrons. The highest BCUT2D eigenvalue weighted by Crippen LogP contribution is 2.32. The summed E-state index contributed by atoms with van der Waals surface area (Å²) >= 11 is 0. The van der Waals surface area contributed by atoms with Crippen molar-refractivity contribution in [2.24, 2.45) is 7.05 Å². The van der Waals surface area contributed by atoms with Crippen LogP contribution >= 0.6 is 0 Å². The summed E-state index contributed by atoms with van der Waals surface area (Å²) in [5, 5.41) is 4.05. The van der Waals surface area contributed by atoms with Gasteiger partial charge in [0, 0.05) is 18.8 Å². The van der Waals surface area contributed by atoms with Gasteiger partial charge in [-0.05, 0) is 48.0 Å². The number of ketones is 1. The number of rotatable bonds is 7. The lowest BCUT2D eigenvalue weighted by molar-refractivity contribution is -0.137. The first kappa shape index (κ1) is 21.2. The number of allylic oxidation sites excluding steroid dienone is 1. The Hall–Kier alpha value is -3.55. The summed E-state index contributed by atoms with van der Waals surface area (Å²) in [6, 6.07) is 11.5. The van der Waals surface area contributed by atoms with E-state index in [0.717, 1.165) is 12.1 Å². The van der Waals surface area contributed by atoms with E-state index in [4.69, 9.17) is 9.47 Å². The van der Waals surface area contributed by atoms with Gasteiger partial charge in [-0.1, -0.05) is 18.2 Å². The molecule has 3 rings (SSSR count). The maximum absolute atomic E-state index is 12.9. The molecule has 0 saturated heterocycles. The fourth-order valence-electron chi connectivity index (χ4n) is 2.74. The summed E-state index contributed by atoms with van der Waals surface area (Å²) in [7, 11) is 3.21. The van der Waals surface area contributed by atoms with E-state index in [9.17, 15) is 18.0 Å². The smallest absolute Gasteiger partial charge is 0.416 e. The fourth-order valence-corrected chi connectivity index (χ4v) is 2.74. The van der Waals surface area contributed by atoms with Gasteiger partial charge in [0.15, 0.2) is 0 Å². The molecular formula is C22H19F3N2O3. The highest BCUT2D eigenvalue weighted by molar-refractivity contribution is 6.05. The van der Waals surface area contributed by atoms with Crippen LogP contribution in [0.5, 0.6) is 11.5 Å². The number of carbonyl (C=O) groups excluding carboxylic acids is 1. The Morgan fingerprint density at radius 3 is 2.63 bits per heavy atom. The van der Waals surface area contributed by atoms with E-state index in [0.29, 0.717) is 22.6 Å². The second-order valence-corrected chi connectivity index (χ2v) is 6.46. The zero-order valence-electron chi connectivity index (χ0n) is 16.3. The zero-order valence-corrected chi connectivity index (χ0v) is 16.3. The van der Waals surface area contributed by atoms with Crippen molar-refractivity contribution in [1.29, 1.82) is 0 Å². The minimum Gasteiger partial charge on any atom is -0.496 e. The van der Waals surface area contributed by atoms with Crippen LogP contribution in [0.3, 0.4) is 0 Å². The second kappa shape index (κ2) is 8.86. The first-order valence-corrected chi connectivity index (χ1v) is 8.95. The summed E-state index contributed by atoms with van der Waals surface area (Å²) in [6.45, 7) is 0.000348. The standard InChI is InChI=1S/C22H19F3N2O3/c1-27-11-10-19(26-27)20(28)8-6-15-7-9-21(29-2)16(12-15)14-30-18-5-3-4-17(13-18)22(23,24)25/h3-13H,14H2,1-2H3/b8-6+. The van der Waals surface area contributed by atoms with E-state index < -0.39 is 11.7 Å². The Kier molecular flexibility index (Phi) is 6.25. The molecule has 30 heavy (non-hydrogen) atoms. The Morgan fingerprint density at radius 1 is 1.17 bits per heavy atom. The van der Waals surface area contributed by atoms with Gasteiger partial charge < -0.3 is 9.47 Å². The quantitative estimate of drug-likeness (QED) is 0.405. The molecule has 5 nitrogen and oxygen atoms in total. The van der Waals surface area contributed by atoms with Gasteiger partial charge >= 0.3 is 6.18 Å². The van der Waals surface area contributed by atoms with Gasteiger partial charge in [0.05, 0.1) is 12.7 Å². The molecule has 2 aromatic carbocycles. The molecule has 8 heteroatoms. The van der Waals surface area contributed by atoms with Crippen LogP contribution in [0.4, 0.5) is 13.2 Å². The van der Waals surface area contributed by atoms with Crippen LogP contribution in [0.25, 0.3) is 6.08 Å². The normalized spacial score (nSPS) is 11.6. The maximum Gasteiger partial charge on any atom is 0.416 e. The van der Waals surface area contributed by atoms with Gasteiger partial charge in [-0.2, -0.15) is 18.3 Å². The SMILES string of the molecule is COc1ccc(/C=C/C(=O)c2ccn(C)n2)cc1COc1cccc(C(F)(F)F)c1. The first-order chi connectivity index (χ1) is 14.3. The Bertz CT molecular complexity index is 1070. The van der Waals surface area contributed by atoms with Gasteiger partial charge in [-0.25, -0.2) is 0 Å². The average molecular weight is 416 g/mol. The van der Waals surface area contributed by atoms with Crippen LogP contribution in [0, 0.1) is 0 Å². The van der Waals surface area contributed by atoms with Crippen molar-refractivity contribution in [1.82, 2.24) is 9.78 Å². The van der Waals surface area contributed by atoms with E-state index in [1.54, 1.807) is 43.6 Å². The van der Waals surface area contributed by atoms with Gasteiger partial charge in [-0.3, -0.25) is 9.48 Å². The summed E-state index contributed by atoms with van der Waals surface area (Å²) < 4.78 is 51.0. The van der Waals surface area contributed by atoms with E-state index in [2.05, 4.69) is 5.10 Å². The van der Waals surface area contributed by atoms with Gasteiger partial charge in [0.25, 0.3) is 0 Å². The lowest BCUT2D eigenvalue weighted by Crippen LogP contribution is -2.05. The van der Waals surface area contributed by atoms with E-state index in [1.165, 1.54) is 30.0 Å². The molecule has 0 unspecified atom stereocenters. The average Bonchev–Trinajstić information content (AvgIpc) is 3.16. The van der Waals surface area contributed by atoms with Crippen LogP contribution in [0.15, 0.2) is 60.8 Å². The summed E-state index contributed by atoms with van der Waals surface area (Å²) in [6.07, 6.45) is 0.269. The molecule has 1 heterocycles. The van der Waals surface area contributed by atoms with E-state index >= 15 is 0 Å². The lowest BCUT2D eigenvalue weighted by Gasteiger charge is -2.13. The Morgan fingerprint density at radius 2 is 1.97 bits per heavy atom. The minimum atomic E-state index is -4.44. The lowest BCUT2D eigenvalue weighted by atomic mass is 10.1. The van der Waals surface area contributed by atoms with E-state index in [1.807, 2.05) is 0 Å². The number of hydrogen-bond acceptors (Lipinski definition) is 4. The van der Waals surface area contributed by atoms with Crippen molar-refractivity contribution in [3.8, 4) is 11.5 Å². The summed E-state index contributed by atoms with van der Waals surface area (Å²) in [4.78, 5) is 12.2. The molecule has 0 radical (unpaired) electrons. The fraction of sp³-hybridized carbons (Fsp3) is 0.182. The predicted molar refractivity (Wildman–Crippen MR) is 105 cm³/mol. The van der Waals surface area contributed by atoms with Gasteiger partial charge in [0.2, 0.25) is 5.78 Å². The monoisotopic (exact) mass is 416 g/mol. The zero-order chi connectivity index (χ0) is 21.7. The van der Waals surface area contributed by atoms with Crippen LogP contribution < -0.4 is 9.47 Å². The number of halogens is 3. The third-order valence-corrected chi connectivity index (χ3v) is 4.25. The maximum atomic E-state index is 12.9. The topological polar surface area (TPSA) is 53.4 Å². The van der Waals surface area contributed by atoms with Crippen molar-refractivity contribution < 1.29 is 27.4 Å². The predicted octanol–water partition coefficient (Wildman–Crippen LogP) is 4.92. The number of hydrogen-bond donors (Lipinski definition) is 0. The number of nitrogens with zero attached hydrogens (tertiary/aromatic N) is 2. The van der Waals surface area contributed by atoms with Crippen molar-refractivity contribution in [3.63, 3.8) is 0 Å². The number of carbonyl (C=O) groups is 1. The number of aryl methyl sites for hydroxylation is 1. The molecule has 0 aliphatic heterocycles. The van der Waals surface area contributed by atoms with Crippen molar-refractivity contribution in [2.75, 3.05) is 7.11 Å². The third-order valence-electron chi connectivity index (χ3n) is 4.25. The highest BCUT2D eigenvalue weighted by atomic mass is 19.4. The van der Waals surface area contributed by atoms with Gasteiger partial charge in [0.1, 0.15) is 23.8 Å². The minimum absolute atomic E-state index is 0.000348. The number of alkyl halides is 3. The van der Waals surface area contributed by atoms with Crippen LogP contribution in [-0.2, 0) is 19.8 Å². The Labute approximate surface area is 171 Å². The molecule has 0 fully saturated rings. The second-order valence-electron chi connectivity index (χ2n) is 6.46. The molecule has 3 aromatic rings. The molecule has 0 aliphatic carbocycles. The highest BCUT2D eigenvalue weighted by Gasteiger charge is 2.30. The molecule has 0 spiro atoms. The molecule has 0 aliphatic rings. The molecule has 0 atom stereocenters. The number of methoxy groups -OCH3 is 1. The van der Waals surface area contributed by atoms with E-state index in [-0.39, 0.29) is 18.1 Å². The molecule has 1 aromatic heterocycles. The molecule has 0 saturated carbocycles. The number of benzene rings is 2. The molecule has 0 bridgehead atoms. The summed E-state index contributed by atoms with van der Waals surface area (Å²) in [5.74, 6) is 0.376. The van der Waals surface area contributed by atoms with Crippen LogP contribution in [-0.4, -0.2) is 22.7 Å². The van der Waals surface area contributed by atoms with Crippen molar-refractivity contribution in [2.45, 2.75) is 12.8 Å². The van der Waals surface area contributed by atoms with Gasteiger partial charge in [-0.15, -0.1) is 0 Å².